The van der Waals surface area contributed by atoms with Crippen molar-refractivity contribution in [2.45, 2.75) is 102 Å². The van der Waals surface area contributed by atoms with Crippen molar-refractivity contribution in [3.05, 3.63) is 100 Å². The van der Waals surface area contributed by atoms with Crippen molar-refractivity contribution in [3.8, 4) is 5.75 Å². The summed E-state index contributed by atoms with van der Waals surface area (Å²) in [6.45, 7) is 2.12. The molecule has 0 heterocycles. The van der Waals surface area contributed by atoms with Gasteiger partial charge in [-0.1, -0.05) is 38.0 Å². The summed E-state index contributed by atoms with van der Waals surface area (Å²) in [6, 6.07) is 12.5. The fourth-order valence-corrected chi connectivity index (χ4v) is 7.19. The lowest BCUT2D eigenvalue weighted by molar-refractivity contribution is -0.185. The quantitative estimate of drug-likeness (QED) is 0.127. The van der Waals surface area contributed by atoms with Crippen LogP contribution in [0.4, 0.5) is 26.3 Å². The fourth-order valence-electron chi connectivity index (χ4n) is 7.19. The summed E-state index contributed by atoms with van der Waals surface area (Å²) in [6.07, 6.45) is 7.50. The van der Waals surface area contributed by atoms with Gasteiger partial charge in [-0.05, 0) is 135 Å². The highest BCUT2D eigenvalue weighted by molar-refractivity contribution is 5.33. The topological polar surface area (TPSA) is 9.23 Å². The standard InChI is InChI=1S/C36H40F6O/c1-2-3-4-5-23-6-16-29(17-7-23)36(41,42)43-30-18-19-31(32(37)22-30)27-14-12-25(13-15-27)24-8-10-26(11-9-24)28-20-33(38)35(40)34(39)21-28/h6-7,16-22,24-27H,2-5,8-15H2,1H3. The van der Waals surface area contributed by atoms with Crippen molar-refractivity contribution in [1.29, 1.82) is 0 Å². The maximum absolute atomic E-state index is 15.1. The molecule has 0 saturated heterocycles. The summed E-state index contributed by atoms with van der Waals surface area (Å²) in [5.41, 5.74) is 1.80. The molecule has 5 rings (SSSR count). The smallest absolute Gasteiger partial charge is 0.426 e. The highest BCUT2D eigenvalue weighted by Gasteiger charge is 2.36. The van der Waals surface area contributed by atoms with Crippen LogP contribution < -0.4 is 4.74 Å². The second-order valence-corrected chi connectivity index (χ2v) is 12.5. The van der Waals surface area contributed by atoms with Gasteiger partial charge >= 0.3 is 6.11 Å². The van der Waals surface area contributed by atoms with Crippen molar-refractivity contribution in [2.24, 2.45) is 11.8 Å². The second kappa shape index (κ2) is 13.8. The first-order valence-electron chi connectivity index (χ1n) is 15.7. The van der Waals surface area contributed by atoms with Crippen LogP contribution in [0.15, 0.2) is 54.6 Å². The lowest BCUT2D eigenvalue weighted by Gasteiger charge is -2.38. The number of hydrogen-bond donors (Lipinski definition) is 0. The van der Waals surface area contributed by atoms with Gasteiger partial charge in [-0.15, -0.1) is 0 Å². The summed E-state index contributed by atoms with van der Waals surface area (Å²) in [5.74, 6) is -3.39. The van der Waals surface area contributed by atoms with E-state index in [1.54, 1.807) is 18.2 Å². The molecule has 3 aromatic rings. The Bertz CT molecular complexity index is 1330. The summed E-state index contributed by atoms with van der Waals surface area (Å²) in [7, 11) is 0. The van der Waals surface area contributed by atoms with Gasteiger partial charge in [0.1, 0.15) is 11.6 Å². The third kappa shape index (κ3) is 7.58. The molecular weight excluding hydrogens is 562 g/mol. The molecule has 7 heteroatoms. The first kappa shape index (κ1) is 31.5. The summed E-state index contributed by atoms with van der Waals surface area (Å²) in [4.78, 5) is 0. The van der Waals surface area contributed by atoms with Crippen molar-refractivity contribution < 1.29 is 31.1 Å². The zero-order valence-electron chi connectivity index (χ0n) is 24.7. The third-order valence-electron chi connectivity index (χ3n) is 9.70. The molecule has 232 valence electrons. The van der Waals surface area contributed by atoms with E-state index in [-0.39, 0.29) is 23.1 Å². The first-order chi connectivity index (χ1) is 20.6. The highest BCUT2D eigenvalue weighted by Crippen LogP contribution is 2.46. The van der Waals surface area contributed by atoms with Gasteiger partial charge in [-0.3, -0.25) is 0 Å². The maximum Gasteiger partial charge on any atom is 0.426 e. The van der Waals surface area contributed by atoms with Crippen LogP contribution in [0, 0.1) is 35.1 Å². The number of rotatable bonds is 10. The molecule has 0 N–H and O–H groups in total. The van der Waals surface area contributed by atoms with Gasteiger partial charge in [0, 0.05) is 6.07 Å². The largest absolute Gasteiger partial charge is 0.429 e. The van der Waals surface area contributed by atoms with E-state index in [9.17, 15) is 22.0 Å². The number of alkyl halides is 2. The van der Waals surface area contributed by atoms with Gasteiger partial charge in [0.2, 0.25) is 0 Å². The van der Waals surface area contributed by atoms with Gasteiger partial charge in [-0.2, -0.15) is 8.78 Å². The van der Waals surface area contributed by atoms with E-state index >= 15 is 4.39 Å². The first-order valence-corrected chi connectivity index (χ1v) is 15.7. The molecule has 2 aliphatic carbocycles. The Balaban J connectivity index is 1.12. The Hall–Kier alpha value is -2.96. The minimum Gasteiger partial charge on any atom is -0.429 e. The number of hydrogen-bond acceptors (Lipinski definition) is 1. The van der Waals surface area contributed by atoms with Crippen LogP contribution in [0.5, 0.6) is 5.75 Å². The molecule has 0 aliphatic heterocycles. The average Bonchev–Trinajstić information content (AvgIpc) is 3.00. The molecule has 0 atom stereocenters. The molecule has 3 aromatic carbocycles. The normalized spacial score (nSPS) is 22.9. The Morgan fingerprint density at radius 3 is 1.81 bits per heavy atom. The van der Waals surface area contributed by atoms with Crippen molar-refractivity contribution >= 4 is 0 Å². The van der Waals surface area contributed by atoms with E-state index in [4.69, 9.17) is 4.74 Å². The van der Waals surface area contributed by atoms with E-state index < -0.39 is 29.4 Å². The maximum atomic E-state index is 15.1. The molecule has 2 fully saturated rings. The number of halogens is 6. The number of aryl methyl sites for hydroxylation is 1. The Kier molecular flexibility index (Phi) is 10.1. The molecule has 43 heavy (non-hydrogen) atoms. The van der Waals surface area contributed by atoms with E-state index in [0.717, 1.165) is 101 Å². The Morgan fingerprint density at radius 2 is 1.26 bits per heavy atom. The van der Waals surface area contributed by atoms with Gasteiger partial charge in [0.05, 0.1) is 5.56 Å². The molecule has 0 bridgehead atoms. The van der Waals surface area contributed by atoms with Crippen LogP contribution in [0.25, 0.3) is 0 Å². The third-order valence-corrected chi connectivity index (χ3v) is 9.70. The van der Waals surface area contributed by atoms with Gasteiger partial charge in [0.15, 0.2) is 17.5 Å². The van der Waals surface area contributed by atoms with Gasteiger partial charge < -0.3 is 4.74 Å². The predicted octanol–water partition coefficient (Wildman–Crippen LogP) is 11.4. The van der Waals surface area contributed by atoms with Crippen molar-refractivity contribution in [3.63, 3.8) is 0 Å². The van der Waals surface area contributed by atoms with Crippen molar-refractivity contribution in [2.75, 3.05) is 0 Å². The van der Waals surface area contributed by atoms with Crippen LogP contribution in [0.1, 0.15) is 112 Å². The van der Waals surface area contributed by atoms with Gasteiger partial charge in [-0.25, -0.2) is 17.6 Å². The summed E-state index contributed by atoms with van der Waals surface area (Å²) >= 11 is 0. The summed E-state index contributed by atoms with van der Waals surface area (Å²) < 4.78 is 90.6. The van der Waals surface area contributed by atoms with Crippen LogP contribution in [0.2, 0.25) is 0 Å². The fraction of sp³-hybridized carbons (Fsp3) is 0.500. The molecule has 0 spiro atoms. The van der Waals surface area contributed by atoms with Gasteiger partial charge in [0.25, 0.3) is 0 Å². The zero-order chi connectivity index (χ0) is 30.6. The van der Waals surface area contributed by atoms with E-state index in [0.29, 0.717) is 23.0 Å². The SMILES string of the molecule is CCCCCc1ccc(C(F)(F)Oc2ccc(C3CCC(C4CCC(c5cc(F)c(F)c(F)c5)CC4)CC3)c(F)c2)cc1. The minimum atomic E-state index is -3.58. The Morgan fingerprint density at radius 1 is 0.674 bits per heavy atom. The number of ether oxygens (including phenoxy) is 1. The van der Waals surface area contributed by atoms with Crippen LogP contribution in [-0.2, 0) is 12.5 Å². The minimum absolute atomic E-state index is 0.0209. The predicted molar refractivity (Wildman–Crippen MR) is 156 cm³/mol. The molecule has 0 unspecified atom stereocenters. The molecule has 0 amide bonds. The van der Waals surface area contributed by atoms with Crippen LogP contribution >= 0.6 is 0 Å². The molecule has 0 aromatic heterocycles. The molecule has 0 radical (unpaired) electrons. The zero-order valence-corrected chi connectivity index (χ0v) is 24.7. The number of unbranched alkanes of at least 4 members (excludes halogenated alkanes) is 2. The van der Waals surface area contributed by atoms with Crippen LogP contribution in [0.3, 0.4) is 0 Å². The monoisotopic (exact) mass is 602 g/mol. The Labute approximate surface area is 250 Å². The van der Waals surface area contributed by atoms with Crippen molar-refractivity contribution in [1.82, 2.24) is 0 Å². The molecular formula is C36H40F6O. The van der Waals surface area contributed by atoms with E-state index in [2.05, 4.69) is 6.92 Å². The highest BCUT2D eigenvalue weighted by atomic mass is 19.3. The molecule has 2 saturated carbocycles. The van der Waals surface area contributed by atoms with Crippen LogP contribution in [-0.4, -0.2) is 0 Å². The average molecular weight is 603 g/mol. The van der Waals surface area contributed by atoms with E-state index in [1.807, 2.05) is 0 Å². The molecule has 1 nitrogen and oxygen atoms in total. The lowest BCUT2D eigenvalue weighted by atomic mass is 9.67. The number of benzene rings is 3. The lowest BCUT2D eigenvalue weighted by Crippen LogP contribution is -2.25. The molecule has 2 aliphatic rings. The summed E-state index contributed by atoms with van der Waals surface area (Å²) in [5, 5.41) is 0. The van der Waals surface area contributed by atoms with E-state index in [1.165, 1.54) is 18.2 Å². The second-order valence-electron chi connectivity index (χ2n) is 12.5.